The third-order valence-electron chi connectivity index (χ3n) is 4.49. The maximum atomic E-state index is 14.5. The fourth-order valence-electron chi connectivity index (χ4n) is 2.53. The lowest BCUT2D eigenvalue weighted by atomic mass is 10.0. The molecule has 0 aliphatic rings. The van der Waals surface area contributed by atoms with E-state index < -0.39 is 29.0 Å². The van der Waals surface area contributed by atoms with E-state index in [1.807, 2.05) is 0 Å². The van der Waals surface area contributed by atoms with Crippen molar-refractivity contribution in [2.75, 3.05) is 13.7 Å². The van der Waals surface area contributed by atoms with E-state index in [1.54, 1.807) is 0 Å². The molecule has 0 aliphatic heterocycles. The third kappa shape index (κ3) is 7.64. The van der Waals surface area contributed by atoms with Crippen LogP contribution in [0.2, 0.25) is 0 Å². The first-order chi connectivity index (χ1) is 16.6. The maximum Gasteiger partial charge on any atom is 0.201 e. The van der Waals surface area contributed by atoms with Crippen molar-refractivity contribution in [1.29, 1.82) is 0 Å². The molecule has 184 valence electrons. The van der Waals surface area contributed by atoms with E-state index in [-0.39, 0.29) is 34.8 Å². The Morgan fingerprint density at radius 3 is 2.06 bits per heavy atom. The second kappa shape index (κ2) is 13.4. The number of halogens is 4. The SMILES string of the molecule is C=C.C=C(/C=C\C(=C)C(=C)/C(F)=C(/F)C(=C)OC)COc1ccc(-c2ccc(O)cc2)c(F)c1F. The second-order valence-electron chi connectivity index (χ2n) is 6.83. The van der Waals surface area contributed by atoms with Crippen molar-refractivity contribution in [2.24, 2.45) is 0 Å². The van der Waals surface area contributed by atoms with Gasteiger partial charge in [0, 0.05) is 11.1 Å². The highest BCUT2D eigenvalue weighted by molar-refractivity contribution is 5.66. The molecule has 0 aliphatic carbocycles. The number of benzene rings is 2. The molecule has 0 unspecified atom stereocenters. The Balaban J connectivity index is 0.00000298. The molecule has 0 fully saturated rings. The van der Waals surface area contributed by atoms with Crippen molar-refractivity contribution in [3.05, 3.63) is 134 Å². The lowest BCUT2D eigenvalue weighted by Gasteiger charge is -2.11. The number of hydrogen-bond acceptors (Lipinski definition) is 3. The van der Waals surface area contributed by atoms with Gasteiger partial charge in [-0.15, -0.1) is 13.2 Å². The van der Waals surface area contributed by atoms with E-state index in [2.05, 4.69) is 44.2 Å². The highest BCUT2D eigenvalue weighted by Gasteiger charge is 2.17. The molecule has 2 aromatic carbocycles. The molecule has 0 bridgehead atoms. The zero-order valence-electron chi connectivity index (χ0n) is 19.3. The van der Waals surface area contributed by atoms with Gasteiger partial charge >= 0.3 is 0 Å². The maximum absolute atomic E-state index is 14.5. The Bertz CT molecular complexity index is 1180. The molecule has 0 amide bonds. The van der Waals surface area contributed by atoms with E-state index in [0.717, 1.165) is 7.11 Å². The number of allylic oxidation sites excluding steroid dienone is 5. The minimum atomic E-state index is -1.30. The molecule has 0 aromatic heterocycles. The fraction of sp³-hybridized carbons (Fsp3) is 0.0714. The normalized spacial score (nSPS) is 11.1. The lowest BCUT2D eigenvalue weighted by molar-refractivity contribution is 0.281. The van der Waals surface area contributed by atoms with Crippen molar-refractivity contribution in [3.63, 3.8) is 0 Å². The smallest absolute Gasteiger partial charge is 0.201 e. The summed E-state index contributed by atoms with van der Waals surface area (Å²) in [5, 5.41) is 9.33. The summed E-state index contributed by atoms with van der Waals surface area (Å²) in [5.74, 6) is -5.68. The topological polar surface area (TPSA) is 38.7 Å². The molecule has 3 nitrogen and oxygen atoms in total. The molecule has 0 spiro atoms. The van der Waals surface area contributed by atoms with Gasteiger partial charge in [-0.2, -0.15) is 8.78 Å². The van der Waals surface area contributed by atoms with Crippen LogP contribution >= 0.6 is 0 Å². The lowest BCUT2D eigenvalue weighted by Crippen LogP contribution is -2.02. The van der Waals surface area contributed by atoms with Crippen molar-refractivity contribution in [3.8, 4) is 22.6 Å². The average Bonchev–Trinajstić information content (AvgIpc) is 2.88. The predicted octanol–water partition coefficient (Wildman–Crippen LogP) is 8.05. The molecular formula is C28H26F4O3. The summed E-state index contributed by atoms with van der Waals surface area (Å²) in [6.07, 6.45) is 2.71. The summed E-state index contributed by atoms with van der Waals surface area (Å²) < 4.78 is 66.6. The second-order valence-corrected chi connectivity index (χ2v) is 6.83. The fourth-order valence-corrected chi connectivity index (χ4v) is 2.53. The van der Waals surface area contributed by atoms with Gasteiger partial charge in [0.1, 0.15) is 18.1 Å². The highest BCUT2D eigenvalue weighted by atomic mass is 19.2. The van der Waals surface area contributed by atoms with Crippen molar-refractivity contribution in [2.45, 2.75) is 0 Å². The molecule has 7 heteroatoms. The van der Waals surface area contributed by atoms with Crippen molar-refractivity contribution in [1.82, 2.24) is 0 Å². The summed E-state index contributed by atoms with van der Waals surface area (Å²) in [6, 6.07) is 8.25. The van der Waals surface area contributed by atoms with Crippen LogP contribution in [-0.2, 0) is 4.74 Å². The monoisotopic (exact) mass is 486 g/mol. The number of methoxy groups -OCH3 is 1. The van der Waals surface area contributed by atoms with E-state index in [1.165, 1.54) is 48.6 Å². The van der Waals surface area contributed by atoms with Gasteiger partial charge in [-0.1, -0.05) is 50.6 Å². The third-order valence-corrected chi connectivity index (χ3v) is 4.49. The van der Waals surface area contributed by atoms with Gasteiger partial charge in [0.25, 0.3) is 0 Å². The molecule has 0 atom stereocenters. The van der Waals surface area contributed by atoms with Gasteiger partial charge < -0.3 is 14.6 Å². The van der Waals surface area contributed by atoms with Crippen LogP contribution in [0.1, 0.15) is 0 Å². The van der Waals surface area contributed by atoms with Crippen LogP contribution in [0, 0.1) is 11.6 Å². The van der Waals surface area contributed by atoms with Crippen LogP contribution < -0.4 is 4.74 Å². The van der Waals surface area contributed by atoms with E-state index >= 15 is 0 Å². The first-order valence-electron chi connectivity index (χ1n) is 10.00. The number of ether oxygens (including phenoxy) is 2. The first-order valence-corrected chi connectivity index (χ1v) is 10.00. The van der Waals surface area contributed by atoms with Crippen molar-refractivity contribution >= 4 is 0 Å². The minimum absolute atomic E-state index is 0.00161. The Morgan fingerprint density at radius 2 is 1.49 bits per heavy atom. The molecule has 0 heterocycles. The highest BCUT2D eigenvalue weighted by Crippen LogP contribution is 2.31. The van der Waals surface area contributed by atoms with Gasteiger partial charge in [-0.05, 0) is 41.0 Å². The van der Waals surface area contributed by atoms with E-state index in [9.17, 15) is 22.7 Å². The van der Waals surface area contributed by atoms with E-state index in [4.69, 9.17) is 4.74 Å². The van der Waals surface area contributed by atoms with Gasteiger partial charge in [0.15, 0.2) is 17.4 Å². The molecule has 0 saturated carbocycles. The standard InChI is InChI=1S/C26H22F4O3.C2H4/c1-15(6-7-16(2)17(3)23(27)24(28)18(4)32-5)14-33-22-13-12-21(25(29)26(22)30)19-8-10-20(31)11-9-19;1-2/h6-13,31H,1-4,14H2,5H3;1-2H2/b7-6-,24-23-;. The van der Waals surface area contributed by atoms with Crippen LogP contribution in [0.5, 0.6) is 11.5 Å². The summed E-state index contributed by atoms with van der Waals surface area (Å²) in [5.41, 5.74) is 0.426. The Hall–Kier alpha value is -4.26. The van der Waals surface area contributed by atoms with Crippen LogP contribution in [0.25, 0.3) is 11.1 Å². The Kier molecular flexibility index (Phi) is 11.1. The minimum Gasteiger partial charge on any atom is -0.508 e. The number of rotatable bonds is 10. The number of phenols is 1. The first kappa shape index (κ1) is 28.8. The summed E-state index contributed by atoms with van der Waals surface area (Å²) >= 11 is 0. The number of hydrogen-bond donors (Lipinski definition) is 1. The summed E-state index contributed by atoms with van der Waals surface area (Å²) in [6.45, 7) is 19.8. The number of phenolic OH excluding ortho intramolecular Hbond substituents is 1. The molecule has 0 radical (unpaired) electrons. The molecule has 2 rings (SSSR count). The largest absolute Gasteiger partial charge is 0.508 e. The molecular weight excluding hydrogens is 460 g/mol. The Labute approximate surface area is 202 Å². The summed E-state index contributed by atoms with van der Waals surface area (Å²) in [4.78, 5) is 0. The van der Waals surface area contributed by atoms with Crippen molar-refractivity contribution < 1.29 is 32.1 Å². The van der Waals surface area contributed by atoms with Gasteiger partial charge in [-0.3, -0.25) is 0 Å². The molecule has 1 N–H and O–H groups in total. The molecule has 35 heavy (non-hydrogen) atoms. The van der Waals surface area contributed by atoms with Crippen LogP contribution in [0.4, 0.5) is 17.6 Å². The van der Waals surface area contributed by atoms with Gasteiger partial charge in [0.05, 0.1) is 7.11 Å². The number of aromatic hydroxyl groups is 1. The molecule has 2 aromatic rings. The summed E-state index contributed by atoms with van der Waals surface area (Å²) in [7, 11) is 1.15. The van der Waals surface area contributed by atoms with Crippen LogP contribution in [-0.4, -0.2) is 18.8 Å². The predicted molar refractivity (Wildman–Crippen MR) is 132 cm³/mol. The van der Waals surface area contributed by atoms with Crippen LogP contribution in [0.3, 0.4) is 0 Å². The quantitative estimate of drug-likeness (QED) is 0.160. The zero-order chi connectivity index (χ0) is 26.7. The zero-order valence-corrected chi connectivity index (χ0v) is 19.3. The van der Waals surface area contributed by atoms with Gasteiger partial charge in [0.2, 0.25) is 11.6 Å². The Morgan fingerprint density at radius 1 is 0.886 bits per heavy atom. The average molecular weight is 487 g/mol. The van der Waals surface area contributed by atoms with Gasteiger partial charge in [-0.25, -0.2) is 8.78 Å². The molecule has 0 saturated heterocycles. The van der Waals surface area contributed by atoms with Crippen LogP contribution in [0.15, 0.2) is 122 Å². The van der Waals surface area contributed by atoms with E-state index in [0.29, 0.717) is 11.1 Å².